The van der Waals surface area contributed by atoms with E-state index >= 15 is 0 Å². The Hall–Kier alpha value is -3.35. The highest BCUT2D eigenvalue weighted by Crippen LogP contribution is 2.37. The number of hydrogen-bond acceptors (Lipinski definition) is 5. The summed E-state index contributed by atoms with van der Waals surface area (Å²) in [5.41, 5.74) is 4.25. The lowest BCUT2D eigenvalue weighted by Gasteiger charge is -2.25. The van der Waals surface area contributed by atoms with Crippen molar-refractivity contribution >= 4 is 5.97 Å². The Morgan fingerprint density at radius 3 is 2.03 bits per heavy atom. The molecule has 3 aromatic rings. The van der Waals surface area contributed by atoms with Crippen LogP contribution in [0.15, 0.2) is 66.7 Å². The van der Waals surface area contributed by atoms with Gasteiger partial charge in [0.2, 0.25) is 0 Å². The van der Waals surface area contributed by atoms with Crippen LogP contribution in [0.3, 0.4) is 0 Å². The van der Waals surface area contributed by atoms with Crippen LogP contribution < -0.4 is 9.47 Å². The number of rotatable bonds is 13. The number of carboxylic acid groups (broad SMARTS) is 1. The van der Waals surface area contributed by atoms with Crippen LogP contribution in [-0.4, -0.2) is 35.5 Å². The summed E-state index contributed by atoms with van der Waals surface area (Å²) in [7, 11) is 3.06. The van der Waals surface area contributed by atoms with E-state index in [-0.39, 0.29) is 18.9 Å². The van der Waals surface area contributed by atoms with Crippen LogP contribution in [0.5, 0.6) is 11.5 Å². The van der Waals surface area contributed by atoms with Gasteiger partial charge >= 0.3 is 5.97 Å². The average molecular weight is 479 g/mol. The van der Waals surface area contributed by atoms with Crippen molar-refractivity contribution in [3.05, 3.63) is 94.5 Å². The maximum Gasteiger partial charge on any atom is 0.307 e. The molecular weight excluding hydrogens is 444 g/mol. The van der Waals surface area contributed by atoms with Crippen molar-refractivity contribution in [1.29, 1.82) is 0 Å². The molecule has 0 fully saturated rings. The summed E-state index contributed by atoms with van der Waals surface area (Å²) in [5, 5.41) is 30.2. The van der Waals surface area contributed by atoms with Crippen LogP contribution >= 0.6 is 0 Å². The Morgan fingerprint density at radius 2 is 1.49 bits per heavy atom. The fraction of sp³-hybridized carbons (Fsp3) is 0.345. The van der Waals surface area contributed by atoms with Gasteiger partial charge in [-0.05, 0) is 66.0 Å². The van der Waals surface area contributed by atoms with Crippen LogP contribution in [0.4, 0.5) is 0 Å². The quantitative estimate of drug-likeness (QED) is 0.328. The molecule has 3 N–H and O–H groups in total. The normalized spacial score (nSPS) is 12.7. The number of aliphatic hydroxyl groups is 2. The molecule has 3 aromatic carbocycles. The molecule has 35 heavy (non-hydrogen) atoms. The summed E-state index contributed by atoms with van der Waals surface area (Å²) in [6.07, 6.45) is 2.46. The Labute approximate surface area is 206 Å². The molecule has 0 spiro atoms. The fourth-order valence-electron chi connectivity index (χ4n) is 4.46. The first-order valence-electron chi connectivity index (χ1n) is 11.8. The number of aliphatic carboxylic acids is 1. The van der Waals surface area contributed by atoms with Gasteiger partial charge in [0.1, 0.15) is 11.5 Å². The average Bonchev–Trinajstić information content (AvgIpc) is 2.88. The number of carboxylic acids is 1. The van der Waals surface area contributed by atoms with Gasteiger partial charge in [0.05, 0.1) is 38.9 Å². The van der Waals surface area contributed by atoms with Crippen molar-refractivity contribution < 1.29 is 29.6 Å². The van der Waals surface area contributed by atoms with E-state index in [1.807, 2.05) is 42.5 Å². The predicted molar refractivity (Wildman–Crippen MR) is 135 cm³/mol. The number of methoxy groups -OCH3 is 2. The van der Waals surface area contributed by atoms with Gasteiger partial charge in [0, 0.05) is 0 Å². The SMILES string of the molecule is COc1cc([C@@H](O)[C@@H](CCCc2ccccc2)Cc2ccc(CC(=O)O)cc2)cc(OC)c1CO. The van der Waals surface area contributed by atoms with Crippen molar-refractivity contribution in [2.75, 3.05) is 14.2 Å². The second-order valence-electron chi connectivity index (χ2n) is 8.74. The highest BCUT2D eigenvalue weighted by atomic mass is 16.5. The Bertz CT molecular complexity index is 1050. The zero-order valence-corrected chi connectivity index (χ0v) is 20.3. The standard InChI is InChI=1S/C29H34O6/c1-34-26-17-24(18-27(35-2)25(26)19-30)29(33)23(10-6-9-20-7-4-3-5-8-20)15-21-11-13-22(14-12-21)16-28(31)32/h3-5,7-8,11-14,17-18,23,29-30,33H,6,9-10,15-16,19H2,1-2H3,(H,31,32)/t23-,29-/m0/s1. The van der Waals surface area contributed by atoms with Crippen LogP contribution in [-0.2, 0) is 30.7 Å². The number of carbonyl (C=O) groups is 1. The molecule has 0 heterocycles. The Morgan fingerprint density at radius 1 is 0.886 bits per heavy atom. The van der Waals surface area contributed by atoms with Gasteiger partial charge in [-0.3, -0.25) is 4.79 Å². The number of aliphatic hydroxyl groups excluding tert-OH is 2. The summed E-state index contributed by atoms with van der Waals surface area (Å²) < 4.78 is 10.9. The van der Waals surface area contributed by atoms with Gasteiger partial charge < -0.3 is 24.8 Å². The van der Waals surface area contributed by atoms with Gasteiger partial charge in [-0.15, -0.1) is 0 Å². The number of aryl methyl sites for hydroxylation is 1. The summed E-state index contributed by atoms with van der Waals surface area (Å²) in [4.78, 5) is 11.0. The van der Waals surface area contributed by atoms with E-state index in [1.165, 1.54) is 19.8 Å². The minimum atomic E-state index is -0.860. The third kappa shape index (κ3) is 7.31. The van der Waals surface area contributed by atoms with Crippen molar-refractivity contribution in [3.63, 3.8) is 0 Å². The number of ether oxygens (including phenoxy) is 2. The first-order valence-corrected chi connectivity index (χ1v) is 11.8. The summed E-state index contributed by atoms with van der Waals surface area (Å²) in [6.45, 7) is -0.230. The number of hydrogen-bond donors (Lipinski definition) is 3. The third-order valence-electron chi connectivity index (χ3n) is 6.34. The van der Waals surface area contributed by atoms with Crippen LogP contribution in [0.2, 0.25) is 0 Å². The van der Waals surface area contributed by atoms with E-state index in [0.717, 1.165) is 30.4 Å². The monoisotopic (exact) mass is 478 g/mol. The molecule has 0 unspecified atom stereocenters. The predicted octanol–water partition coefficient (Wildman–Crippen LogP) is 4.74. The van der Waals surface area contributed by atoms with E-state index in [9.17, 15) is 15.0 Å². The van der Waals surface area contributed by atoms with E-state index in [1.54, 1.807) is 12.1 Å². The lowest BCUT2D eigenvalue weighted by atomic mass is 9.85. The molecule has 0 saturated carbocycles. The van der Waals surface area contributed by atoms with E-state index in [2.05, 4.69) is 12.1 Å². The first-order chi connectivity index (χ1) is 16.9. The maximum atomic E-state index is 11.5. The number of benzene rings is 3. The zero-order valence-electron chi connectivity index (χ0n) is 20.3. The summed E-state index contributed by atoms with van der Waals surface area (Å²) in [5.74, 6) is 0.00326. The molecule has 0 aliphatic heterocycles. The van der Waals surface area contributed by atoms with Gasteiger partial charge in [0.15, 0.2) is 0 Å². The minimum Gasteiger partial charge on any atom is -0.496 e. The molecule has 2 atom stereocenters. The molecule has 0 radical (unpaired) electrons. The van der Waals surface area contributed by atoms with Gasteiger partial charge in [-0.2, -0.15) is 0 Å². The molecule has 3 rings (SSSR count). The van der Waals surface area contributed by atoms with E-state index in [4.69, 9.17) is 14.6 Å². The first kappa shape index (κ1) is 26.3. The van der Waals surface area contributed by atoms with E-state index < -0.39 is 12.1 Å². The molecule has 0 saturated heterocycles. The van der Waals surface area contributed by atoms with Gasteiger partial charge in [-0.25, -0.2) is 0 Å². The van der Waals surface area contributed by atoms with Crippen LogP contribution in [0.1, 0.15) is 46.8 Å². The molecule has 0 amide bonds. The third-order valence-corrected chi connectivity index (χ3v) is 6.34. The lowest BCUT2D eigenvalue weighted by molar-refractivity contribution is -0.136. The summed E-state index contributed by atoms with van der Waals surface area (Å²) in [6, 6.07) is 21.3. The molecule has 0 aliphatic rings. The fourth-order valence-corrected chi connectivity index (χ4v) is 4.46. The van der Waals surface area contributed by atoms with E-state index in [0.29, 0.717) is 29.0 Å². The maximum absolute atomic E-state index is 11.5. The summed E-state index contributed by atoms with van der Waals surface area (Å²) >= 11 is 0. The molecule has 0 aromatic heterocycles. The Kier molecular flexibility index (Phi) is 9.70. The largest absolute Gasteiger partial charge is 0.496 e. The second kappa shape index (κ2) is 12.9. The smallest absolute Gasteiger partial charge is 0.307 e. The van der Waals surface area contributed by atoms with Crippen molar-refractivity contribution in [2.24, 2.45) is 5.92 Å². The molecule has 0 bridgehead atoms. The second-order valence-corrected chi connectivity index (χ2v) is 8.74. The minimum absolute atomic E-state index is 0.0137. The Balaban J connectivity index is 1.84. The van der Waals surface area contributed by atoms with Gasteiger partial charge in [0.25, 0.3) is 0 Å². The highest BCUT2D eigenvalue weighted by molar-refractivity contribution is 5.70. The van der Waals surface area contributed by atoms with Gasteiger partial charge in [-0.1, -0.05) is 54.6 Å². The molecular formula is C29H34O6. The zero-order chi connectivity index (χ0) is 25.2. The topological polar surface area (TPSA) is 96.2 Å². The van der Waals surface area contributed by atoms with Crippen molar-refractivity contribution in [1.82, 2.24) is 0 Å². The van der Waals surface area contributed by atoms with Crippen molar-refractivity contribution in [2.45, 2.75) is 44.8 Å². The highest BCUT2D eigenvalue weighted by Gasteiger charge is 2.24. The molecule has 6 heteroatoms. The lowest BCUT2D eigenvalue weighted by Crippen LogP contribution is -2.17. The molecule has 6 nitrogen and oxygen atoms in total. The molecule has 0 aliphatic carbocycles. The van der Waals surface area contributed by atoms with Crippen LogP contribution in [0.25, 0.3) is 0 Å². The molecule has 186 valence electrons. The van der Waals surface area contributed by atoms with Crippen molar-refractivity contribution in [3.8, 4) is 11.5 Å². The van der Waals surface area contributed by atoms with Crippen LogP contribution in [0, 0.1) is 5.92 Å².